The van der Waals surface area contributed by atoms with Crippen molar-refractivity contribution in [3.05, 3.63) is 24.3 Å². The molecule has 0 bridgehead atoms. The first-order chi connectivity index (χ1) is 7.97. The maximum atomic E-state index is 12.2. The molecular formula is C9H6F3N3O2. The van der Waals surface area contributed by atoms with E-state index < -0.39 is 12.1 Å². The highest BCUT2D eigenvalue weighted by Crippen LogP contribution is 2.34. The summed E-state index contributed by atoms with van der Waals surface area (Å²) in [6, 6.07) is 5.44. The standard InChI is InChI=1S/C9H6F3N3O2/c10-9(11,12)16-6-4-2-1-3-5(6)7-8(13)15-17-14-7/h1-4H,(H2,13,15). The summed E-state index contributed by atoms with van der Waals surface area (Å²) >= 11 is 0. The summed E-state index contributed by atoms with van der Waals surface area (Å²) in [5.41, 5.74) is 5.46. The molecular weight excluding hydrogens is 239 g/mol. The van der Waals surface area contributed by atoms with Crippen LogP contribution in [0.5, 0.6) is 5.75 Å². The minimum atomic E-state index is -4.79. The van der Waals surface area contributed by atoms with Gasteiger partial charge in [-0.3, -0.25) is 0 Å². The molecule has 5 nitrogen and oxygen atoms in total. The van der Waals surface area contributed by atoms with Crippen LogP contribution in [0.4, 0.5) is 19.0 Å². The highest BCUT2D eigenvalue weighted by molar-refractivity contribution is 5.74. The van der Waals surface area contributed by atoms with Crippen LogP contribution < -0.4 is 10.5 Å². The molecule has 0 spiro atoms. The smallest absolute Gasteiger partial charge is 0.405 e. The van der Waals surface area contributed by atoms with Gasteiger partial charge in [-0.2, -0.15) is 0 Å². The number of halogens is 3. The van der Waals surface area contributed by atoms with Crippen LogP contribution in [0.25, 0.3) is 11.3 Å². The van der Waals surface area contributed by atoms with E-state index in [0.29, 0.717) is 0 Å². The molecule has 2 aromatic rings. The number of ether oxygens (including phenoxy) is 1. The fourth-order valence-electron chi connectivity index (χ4n) is 1.26. The van der Waals surface area contributed by atoms with Gasteiger partial charge >= 0.3 is 6.36 Å². The predicted molar refractivity (Wildman–Crippen MR) is 50.8 cm³/mol. The van der Waals surface area contributed by atoms with E-state index in [1.807, 2.05) is 0 Å². The summed E-state index contributed by atoms with van der Waals surface area (Å²) in [6.07, 6.45) is -4.79. The molecule has 2 rings (SSSR count). The number of rotatable bonds is 2. The zero-order valence-electron chi connectivity index (χ0n) is 8.23. The first kappa shape index (κ1) is 11.2. The van der Waals surface area contributed by atoms with E-state index in [2.05, 4.69) is 19.7 Å². The van der Waals surface area contributed by atoms with Crippen molar-refractivity contribution in [2.24, 2.45) is 0 Å². The zero-order valence-corrected chi connectivity index (χ0v) is 8.23. The Kier molecular flexibility index (Phi) is 2.62. The predicted octanol–water partition coefficient (Wildman–Crippen LogP) is 2.22. The largest absolute Gasteiger partial charge is 0.573 e. The molecule has 0 saturated heterocycles. The lowest BCUT2D eigenvalue weighted by atomic mass is 10.1. The fourth-order valence-corrected chi connectivity index (χ4v) is 1.26. The molecule has 90 valence electrons. The lowest BCUT2D eigenvalue weighted by molar-refractivity contribution is -0.274. The summed E-state index contributed by atoms with van der Waals surface area (Å²) in [5.74, 6) is -0.523. The van der Waals surface area contributed by atoms with E-state index in [9.17, 15) is 13.2 Å². The van der Waals surface area contributed by atoms with E-state index in [1.54, 1.807) is 0 Å². The van der Waals surface area contributed by atoms with Gasteiger partial charge in [-0.05, 0) is 22.4 Å². The zero-order chi connectivity index (χ0) is 12.5. The molecule has 0 aliphatic carbocycles. The second-order valence-corrected chi connectivity index (χ2v) is 3.04. The third kappa shape index (κ3) is 2.47. The average molecular weight is 245 g/mol. The molecule has 0 unspecified atom stereocenters. The van der Waals surface area contributed by atoms with Crippen molar-refractivity contribution in [3.8, 4) is 17.0 Å². The van der Waals surface area contributed by atoms with Gasteiger partial charge in [-0.1, -0.05) is 12.1 Å². The van der Waals surface area contributed by atoms with Crippen molar-refractivity contribution in [1.82, 2.24) is 10.3 Å². The molecule has 8 heteroatoms. The molecule has 0 fully saturated rings. The van der Waals surface area contributed by atoms with Gasteiger partial charge in [-0.25, -0.2) is 4.63 Å². The van der Waals surface area contributed by atoms with Crippen molar-refractivity contribution in [1.29, 1.82) is 0 Å². The Morgan fingerprint density at radius 2 is 1.88 bits per heavy atom. The normalized spacial score (nSPS) is 11.5. The number of alkyl halides is 3. The maximum absolute atomic E-state index is 12.2. The number of benzene rings is 1. The van der Waals surface area contributed by atoms with Gasteiger partial charge < -0.3 is 10.5 Å². The van der Waals surface area contributed by atoms with Gasteiger partial charge in [0, 0.05) is 0 Å². The lowest BCUT2D eigenvalue weighted by Crippen LogP contribution is -2.17. The second kappa shape index (κ2) is 3.96. The minimum absolute atomic E-state index is 0.00449. The fraction of sp³-hybridized carbons (Fsp3) is 0.111. The summed E-state index contributed by atoms with van der Waals surface area (Å²) in [7, 11) is 0. The average Bonchev–Trinajstić information content (AvgIpc) is 2.63. The number of aromatic nitrogens is 2. The van der Waals surface area contributed by atoms with E-state index >= 15 is 0 Å². The third-order valence-corrected chi connectivity index (χ3v) is 1.88. The van der Waals surface area contributed by atoms with E-state index in [1.165, 1.54) is 18.2 Å². The Morgan fingerprint density at radius 3 is 2.47 bits per heavy atom. The van der Waals surface area contributed by atoms with Crippen LogP contribution in [0.1, 0.15) is 0 Å². The highest BCUT2D eigenvalue weighted by Gasteiger charge is 2.32. The van der Waals surface area contributed by atoms with Crippen molar-refractivity contribution >= 4 is 5.82 Å². The van der Waals surface area contributed by atoms with E-state index in [4.69, 9.17) is 5.73 Å². The summed E-state index contributed by atoms with van der Waals surface area (Å²) in [4.78, 5) is 0. The van der Waals surface area contributed by atoms with Crippen LogP contribution in [-0.2, 0) is 0 Å². The van der Waals surface area contributed by atoms with Crippen LogP contribution in [0.3, 0.4) is 0 Å². The highest BCUT2D eigenvalue weighted by atomic mass is 19.4. The Morgan fingerprint density at radius 1 is 1.18 bits per heavy atom. The number of nitrogens with zero attached hydrogens (tertiary/aromatic N) is 2. The Bertz CT molecular complexity index is 524. The molecule has 2 N–H and O–H groups in total. The maximum Gasteiger partial charge on any atom is 0.573 e. The number of nitrogens with two attached hydrogens (primary N) is 1. The topological polar surface area (TPSA) is 74.2 Å². The molecule has 0 aliphatic rings. The molecule has 0 atom stereocenters. The SMILES string of the molecule is Nc1nonc1-c1ccccc1OC(F)(F)F. The lowest BCUT2D eigenvalue weighted by Gasteiger charge is -2.11. The van der Waals surface area contributed by atoms with Gasteiger partial charge in [0.1, 0.15) is 5.75 Å². The Labute approximate surface area is 92.9 Å². The van der Waals surface area contributed by atoms with Crippen molar-refractivity contribution in [2.45, 2.75) is 6.36 Å². The van der Waals surface area contributed by atoms with Gasteiger partial charge in [0.2, 0.25) is 0 Å². The number of hydrogen-bond acceptors (Lipinski definition) is 5. The van der Waals surface area contributed by atoms with Crippen LogP contribution >= 0.6 is 0 Å². The number of anilines is 1. The molecule has 17 heavy (non-hydrogen) atoms. The molecule has 1 aromatic heterocycles. The molecule has 1 aromatic carbocycles. The van der Waals surface area contributed by atoms with Crippen LogP contribution in [0.2, 0.25) is 0 Å². The van der Waals surface area contributed by atoms with Crippen molar-refractivity contribution < 1.29 is 22.5 Å². The Hall–Kier alpha value is -2.25. The van der Waals surface area contributed by atoms with Crippen LogP contribution in [-0.4, -0.2) is 16.7 Å². The first-order valence-corrected chi connectivity index (χ1v) is 4.40. The molecule has 0 saturated carbocycles. The monoisotopic (exact) mass is 245 g/mol. The quantitative estimate of drug-likeness (QED) is 0.877. The molecule has 0 radical (unpaired) electrons. The van der Waals surface area contributed by atoms with Crippen LogP contribution in [0, 0.1) is 0 Å². The summed E-state index contributed by atoms with van der Waals surface area (Å²) in [6.45, 7) is 0. The first-order valence-electron chi connectivity index (χ1n) is 4.40. The van der Waals surface area contributed by atoms with Gasteiger partial charge in [0.15, 0.2) is 11.5 Å². The molecule has 0 amide bonds. The minimum Gasteiger partial charge on any atom is -0.405 e. The molecule has 0 aliphatic heterocycles. The van der Waals surface area contributed by atoms with Gasteiger partial charge in [-0.15, -0.1) is 13.2 Å². The number of hydrogen-bond donors (Lipinski definition) is 1. The number of para-hydroxylation sites is 1. The summed E-state index contributed by atoms with van der Waals surface area (Å²) < 4.78 is 44.6. The second-order valence-electron chi connectivity index (χ2n) is 3.04. The molecule has 1 heterocycles. The van der Waals surface area contributed by atoms with Gasteiger partial charge in [0.05, 0.1) is 5.56 Å². The van der Waals surface area contributed by atoms with Crippen molar-refractivity contribution in [3.63, 3.8) is 0 Å². The van der Waals surface area contributed by atoms with E-state index in [-0.39, 0.29) is 17.1 Å². The van der Waals surface area contributed by atoms with Crippen LogP contribution in [0.15, 0.2) is 28.9 Å². The van der Waals surface area contributed by atoms with E-state index in [0.717, 1.165) is 6.07 Å². The Balaban J connectivity index is 2.45. The number of nitrogen functional groups attached to an aromatic ring is 1. The van der Waals surface area contributed by atoms with Gasteiger partial charge in [0.25, 0.3) is 0 Å². The van der Waals surface area contributed by atoms with Crippen molar-refractivity contribution in [2.75, 3.05) is 5.73 Å². The third-order valence-electron chi connectivity index (χ3n) is 1.88. The summed E-state index contributed by atoms with van der Waals surface area (Å²) in [5, 5.41) is 6.70.